The molecule has 0 bridgehead atoms. The Morgan fingerprint density at radius 1 is 0.943 bits per heavy atom. The predicted octanol–water partition coefficient (Wildman–Crippen LogP) is 6.05. The minimum absolute atomic E-state index is 0.165. The van der Waals surface area contributed by atoms with Crippen molar-refractivity contribution in [2.75, 3.05) is 13.1 Å². The molecule has 0 spiro atoms. The molecule has 0 radical (unpaired) electrons. The van der Waals surface area contributed by atoms with E-state index in [0.29, 0.717) is 23.2 Å². The summed E-state index contributed by atoms with van der Waals surface area (Å²) in [6, 6.07) is 16.5. The molecule has 2 N–H and O–H groups in total. The van der Waals surface area contributed by atoms with E-state index in [9.17, 15) is 15.0 Å². The maximum absolute atomic E-state index is 13.0. The van der Waals surface area contributed by atoms with Gasteiger partial charge in [0.2, 0.25) is 8.32 Å². The molecule has 0 aliphatic carbocycles. The van der Waals surface area contributed by atoms with Crippen LogP contribution in [-0.2, 0) is 15.8 Å². The number of hydrogen-bond donors (Lipinski definition) is 2. The average molecular weight is 500 g/mol. The number of rotatable bonds is 8. The van der Waals surface area contributed by atoms with Crippen molar-refractivity contribution in [1.29, 1.82) is 0 Å². The zero-order chi connectivity index (χ0) is 25.8. The van der Waals surface area contributed by atoms with Gasteiger partial charge in [-0.05, 0) is 39.9 Å². The SMILES string of the molecule is CC(C)[Si](O[C@@H]1CN(C(=O)OCc2ccccc2)C[C@@H](O)[C@@H]1c1ccc(O)cc1)(C(C)C)C(C)C. The quantitative estimate of drug-likeness (QED) is 0.432. The van der Waals surface area contributed by atoms with E-state index in [1.54, 1.807) is 17.0 Å². The first-order valence-electron chi connectivity index (χ1n) is 12.7. The van der Waals surface area contributed by atoms with Crippen LogP contribution in [0, 0.1) is 0 Å². The summed E-state index contributed by atoms with van der Waals surface area (Å²) in [5.41, 5.74) is 2.90. The standard InChI is InChI=1S/C28H41NO5Si/c1-19(2)35(20(3)4,21(5)6)34-26-17-29(28(32)33-18-22-10-8-7-9-11-22)16-25(31)27(26)23-12-14-24(30)15-13-23/h7-15,19-21,25-27,30-31H,16-18H2,1-6H3/t25-,26-,27+/m1/s1. The van der Waals surface area contributed by atoms with Crippen LogP contribution in [0.3, 0.4) is 0 Å². The van der Waals surface area contributed by atoms with E-state index >= 15 is 0 Å². The van der Waals surface area contributed by atoms with Gasteiger partial charge in [-0.2, -0.15) is 0 Å². The molecule has 1 saturated heterocycles. The molecule has 7 heteroatoms. The number of likely N-dealkylation sites (tertiary alicyclic amines) is 1. The van der Waals surface area contributed by atoms with Crippen molar-refractivity contribution < 1.29 is 24.2 Å². The van der Waals surface area contributed by atoms with E-state index in [0.717, 1.165) is 11.1 Å². The van der Waals surface area contributed by atoms with Crippen molar-refractivity contribution in [1.82, 2.24) is 4.90 Å². The predicted molar refractivity (Wildman–Crippen MR) is 141 cm³/mol. The number of carbonyl (C=O) groups is 1. The number of piperidine rings is 1. The van der Waals surface area contributed by atoms with Crippen LogP contribution < -0.4 is 0 Å². The molecule has 192 valence electrons. The van der Waals surface area contributed by atoms with Gasteiger partial charge in [0.05, 0.1) is 18.8 Å². The Bertz CT molecular complexity index is 926. The van der Waals surface area contributed by atoms with Crippen LogP contribution in [0.1, 0.15) is 58.6 Å². The first-order valence-corrected chi connectivity index (χ1v) is 14.8. The number of phenolic OH excluding ortho intramolecular Hbond substituents is 1. The molecule has 6 nitrogen and oxygen atoms in total. The number of amides is 1. The fourth-order valence-corrected chi connectivity index (χ4v) is 11.4. The molecular formula is C28H41NO5Si. The Labute approximate surface area is 211 Å². The van der Waals surface area contributed by atoms with Crippen LogP contribution in [0.2, 0.25) is 16.6 Å². The lowest BCUT2D eigenvalue weighted by molar-refractivity contribution is -0.0255. The van der Waals surface area contributed by atoms with Crippen LogP contribution in [0.25, 0.3) is 0 Å². The smallest absolute Gasteiger partial charge is 0.410 e. The van der Waals surface area contributed by atoms with Gasteiger partial charge in [-0.3, -0.25) is 0 Å². The number of benzene rings is 2. The molecule has 2 aromatic carbocycles. The molecule has 3 rings (SSSR count). The van der Waals surface area contributed by atoms with E-state index in [4.69, 9.17) is 9.16 Å². The zero-order valence-corrected chi connectivity index (χ0v) is 22.8. The summed E-state index contributed by atoms with van der Waals surface area (Å²) in [6.07, 6.45) is -1.65. The van der Waals surface area contributed by atoms with Gasteiger partial charge in [0.15, 0.2) is 0 Å². The van der Waals surface area contributed by atoms with Crippen molar-refractivity contribution in [3.63, 3.8) is 0 Å². The Morgan fingerprint density at radius 2 is 1.51 bits per heavy atom. The minimum atomic E-state index is -2.30. The van der Waals surface area contributed by atoms with Gasteiger partial charge >= 0.3 is 6.09 Å². The highest BCUT2D eigenvalue weighted by Crippen LogP contribution is 2.45. The monoisotopic (exact) mass is 499 g/mol. The molecule has 1 fully saturated rings. The molecule has 2 aromatic rings. The lowest BCUT2D eigenvalue weighted by Gasteiger charge is -2.49. The van der Waals surface area contributed by atoms with Gasteiger partial charge in [0.1, 0.15) is 12.4 Å². The van der Waals surface area contributed by atoms with Gasteiger partial charge in [-0.1, -0.05) is 84.0 Å². The van der Waals surface area contributed by atoms with E-state index in [-0.39, 0.29) is 30.9 Å². The third kappa shape index (κ3) is 6.08. The number of phenols is 1. The number of β-amino-alcohol motifs (C(OH)–C–C–N with tert-alkyl or cyclic N) is 1. The summed E-state index contributed by atoms with van der Waals surface area (Å²) in [5.74, 6) is -0.130. The van der Waals surface area contributed by atoms with Gasteiger partial charge in [-0.25, -0.2) is 4.79 Å². The van der Waals surface area contributed by atoms with E-state index in [1.165, 1.54) is 0 Å². The highest BCUT2D eigenvalue weighted by molar-refractivity contribution is 6.77. The molecule has 0 aromatic heterocycles. The second-order valence-corrected chi connectivity index (χ2v) is 16.0. The van der Waals surface area contributed by atoms with Crippen LogP contribution in [0.15, 0.2) is 54.6 Å². The van der Waals surface area contributed by atoms with Crippen LogP contribution in [0.4, 0.5) is 4.79 Å². The first-order chi connectivity index (χ1) is 16.6. The Kier molecular flexibility index (Phi) is 9.02. The molecular weight excluding hydrogens is 458 g/mol. The number of hydrogen-bond acceptors (Lipinski definition) is 5. The number of carbonyl (C=O) groups excluding carboxylic acids is 1. The molecule has 0 unspecified atom stereocenters. The number of nitrogens with zero attached hydrogens (tertiary/aromatic N) is 1. The molecule has 3 atom stereocenters. The van der Waals surface area contributed by atoms with Crippen LogP contribution in [0.5, 0.6) is 5.75 Å². The van der Waals surface area contributed by atoms with Crippen molar-refractivity contribution >= 4 is 14.4 Å². The summed E-state index contributed by atoms with van der Waals surface area (Å²) >= 11 is 0. The first kappa shape index (κ1) is 27.2. The third-order valence-corrected chi connectivity index (χ3v) is 13.6. The van der Waals surface area contributed by atoms with Crippen molar-refractivity contribution in [3.05, 3.63) is 65.7 Å². The lowest BCUT2D eigenvalue weighted by atomic mass is 9.85. The summed E-state index contributed by atoms with van der Waals surface area (Å²) in [6.45, 7) is 14.1. The lowest BCUT2D eigenvalue weighted by Crippen LogP contribution is -2.59. The van der Waals surface area contributed by atoms with Gasteiger partial charge in [-0.15, -0.1) is 0 Å². The summed E-state index contributed by atoms with van der Waals surface area (Å²) in [5, 5.41) is 21.1. The fraction of sp³-hybridized carbons (Fsp3) is 0.536. The van der Waals surface area contributed by atoms with Crippen molar-refractivity contribution in [2.45, 2.75) is 82.9 Å². The highest BCUT2D eigenvalue weighted by atomic mass is 28.4. The summed E-state index contributed by atoms with van der Waals surface area (Å²) in [4.78, 5) is 14.6. The van der Waals surface area contributed by atoms with Gasteiger partial charge < -0.3 is 24.3 Å². The average Bonchev–Trinajstić information content (AvgIpc) is 2.81. The molecule has 0 saturated carbocycles. The highest BCUT2D eigenvalue weighted by Gasteiger charge is 2.50. The van der Waals surface area contributed by atoms with Gasteiger partial charge in [0.25, 0.3) is 0 Å². The summed E-state index contributed by atoms with van der Waals surface area (Å²) in [7, 11) is -2.30. The normalized spacial score (nSPS) is 21.1. The number of aromatic hydroxyl groups is 1. The van der Waals surface area contributed by atoms with Crippen molar-refractivity contribution in [2.24, 2.45) is 0 Å². The minimum Gasteiger partial charge on any atom is -0.508 e. The maximum Gasteiger partial charge on any atom is 0.410 e. The Morgan fingerprint density at radius 3 is 2.06 bits per heavy atom. The Hall–Kier alpha value is -2.35. The van der Waals surface area contributed by atoms with Crippen LogP contribution in [-0.4, -0.2) is 54.8 Å². The van der Waals surface area contributed by atoms with Crippen molar-refractivity contribution in [3.8, 4) is 5.75 Å². The molecule has 35 heavy (non-hydrogen) atoms. The largest absolute Gasteiger partial charge is 0.508 e. The second-order valence-electron chi connectivity index (χ2n) is 10.6. The summed E-state index contributed by atoms with van der Waals surface area (Å²) < 4.78 is 12.7. The number of aliphatic hydroxyl groups is 1. The topological polar surface area (TPSA) is 79.2 Å². The number of aliphatic hydroxyl groups excluding tert-OH is 1. The van der Waals surface area contributed by atoms with Crippen LogP contribution >= 0.6 is 0 Å². The molecule has 1 aliphatic heterocycles. The van der Waals surface area contributed by atoms with Gasteiger partial charge in [0, 0.05) is 12.5 Å². The third-order valence-electron chi connectivity index (χ3n) is 7.43. The second kappa shape index (κ2) is 11.6. The van der Waals surface area contributed by atoms with E-state index in [2.05, 4.69) is 41.5 Å². The molecule has 1 heterocycles. The molecule has 1 aliphatic rings. The zero-order valence-electron chi connectivity index (χ0n) is 21.8. The fourth-order valence-electron chi connectivity index (χ4n) is 5.87. The molecule has 1 amide bonds. The Balaban J connectivity index is 1.90. The maximum atomic E-state index is 13.0. The van der Waals surface area contributed by atoms with E-state index in [1.807, 2.05) is 42.5 Å². The number of ether oxygens (including phenoxy) is 1. The van der Waals surface area contributed by atoms with E-state index < -0.39 is 20.5 Å².